The van der Waals surface area contributed by atoms with Gasteiger partial charge in [0.15, 0.2) is 12.1 Å². The summed E-state index contributed by atoms with van der Waals surface area (Å²) in [4.78, 5) is 18.8. The molecule has 0 aliphatic heterocycles. The lowest BCUT2D eigenvalue weighted by Gasteiger charge is -2.12. The van der Waals surface area contributed by atoms with Gasteiger partial charge in [-0.05, 0) is 13.8 Å². The van der Waals surface area contributed by atoms with Gasteiger partial charge in [0, 0.05) is 24.6 Å². The van der Waals surface area contributed by atoms with Crippen molar-refractivity contribution in [2.75, 3.05) is 0 Å². The summed E-state index contributed by atoms with van der Waals surface area (Å²) in [6, 6.07) is 0.362. The molecular formula is C11H14N4O. The van der Waals surface area contributed by atoms with Crippen molar-refractivity contribution >= 4 is 6.29 Å². The minimum absolute atomic E-state index is 0.362. The van der Waals surface area contributed by atoms with Crippen LogP contribution in [-0.2, 0) is 6.54 Å². The molecule has 2 rings (SSSR count). The number of nitrogens with zero attached hydrogens (tertiary/aromatic N) is 4. The van der Waals surface area contributed by atoms with E-state index in [1.165, 1.54) is 0 Å². The normalized spacial score (nSPS) is 10.9. The van der Waals surface area contributed by atoms with Crippen LogP contribution in [0.1, 0.15) is 36.2 Å². The van der Waals surface area contributed by atoms with Gasteiger partial charge in [-0.25, -0.2) is 9.97 Å². The molecule has 0 aliphatic rings. The zero-order chi connectivity index (χ0) is 11.5. The van der Waals surface area contributed by atoms with E-state index in [9.17, 15) is 4.79 Å². The van der Waals surface area contributed by atoms with Crippen LogP contribution >= 0.6 is 0 Å². The molecule has 5 heteroatoms. The number of aldehydes is 1. The highest BCUT2D eigenvalue weighted by atomic mass is 16.1. The van der Waals surface area contributed by atoms with E-state index in [1.54, 1.807) is 18.7 Å². The fraction of sp³-hybridized carbons (Fsp3) is 0.364. The third-order valence-electron chi connectivity index (χ3n) is 2.49. The van der Waals surface area contributed by atoms with Crippen molar-refractivity contribution in [2.45, 2.75) is 26.4 Å². The molecule has 2 aromatic rings. The Kier molecular flexibility index (Phi) is 2.85. The summed E-state index contributed by atoms with van der Waals surface area (Å²) in [6.45, 7) is 4.81. The van der Waals surface area contributed by atoms with Gasteiger partial charge in [0.1, 0.15) is 0 Å². The lowest BCUT2D eigenvalue weighted by Crippen LogP contribution is -2.10. The van der Waals surface area contributed by atoms with Gasteiger partial charge in [0.2, 0.25) is 0 Å². The van der Waals surface area contributed by atoms with E-state index in [2.05, 4.69) is 28.4 Å². The largest absolute Gasteiger partial charge is 0.330 e. The average molecular weight is 218 g/mol. The first kappa shape index (κ1) is 10.6. The maximum atomic E-state index is 10.7. The second kappa shape index (κ2) is 4.30. The molecule has 0 amide bonds. The fourth-order valence-corrected chi connectivity index (χ4v) is 1.67. The van der Waals surface area contributed by atoms with Crippen molar-refractivity contribution in [3.05, 3.63) is 36.4 Å². The van der Waals surface area contributed by atoms with Crippen LogP contribution in [0.3, 0.4) is 0 Å². The predicted molar refractivity (Wildman–Crippen MR) is 59.3 cm³/mol. The summed E-state index contributed by atoms with van der Waals surface area (Å²) in [5, 5.41) is 0. The average Bonchev–Trinajstić information content (AvgIpc) is 2.86. The monoisotopic (exact) mass is 218 g/mol. The van der Waals surface area contributed by atoms with E-state index in [1.807, 2.05) is 10.8 Å². The fourth-order valence-electron chi connectivity index (χ4n) is 1.67. The smallest absolute Gasteiger partial charge is 0.185 e. The predicted octanol–water partition coefficient (Wildman–Crippen LogP) is 1.52. The van der Waals surface area contributed by atoms with Crippen LogP contribution in [0.25, 0.3) is 0 Å². The Hall–Kier alpha value is -1.91. The van der Waals surface area contributed by atoms with Crippen LogP contribution in [-0.4, -0.2) is 25.4 Å². The number of hydrogen-bond acceptors (Lipinski definition) is 3. The molecule has 5 nitrogen and oxygen atoms in total. The van der Waals surface area contributed by atoms with Crippen LogP contribution in [0.4, 0.5) is 0 Å². The van der Waals surface area contributed by atoms with Crippen LogP contribution in [0.15, 0.2) is 24.9 Å². The van der Waals surface area contributed by atoms with Crippen LogP contribution in [0.2, 0.25) is 0 Å². The Labute approximate surface area is 93.8 Å². The number of aromatic nitrogens is 4. The van der Waals surface area contributed by atoms with E-state index in [4.69, 9.17) is 0 Å². The molecule has 2 heterocycles. The molecule has 0 spiro atoms. The minimum atomic E-state index is 0.362. The molecule has 0 N–H and O–H groups in total. The molecule has 84 valence electrons. The molecule has 0 atom stereocenters. The van der Waals surface area contributed by atoms with E-state index in [0.717, 1.165) is 12.0 Å². The summed E-state index contributed by atoms with van der Waals surface area (Å²) < 4.78 is 3.89. The number of carbonyl (C=O) groups is 1. The Morgan fingerprint density at radius 1 is 1.50 bits per heavy atom. The zero-order valence-corrected chi connectivity index (χ0v) is 9.37. The number of hydrogen-bond donors (Lipinski definition) is 0. The minimum Gasteiger partial charge on any atom is -0.330 e. The number of carbonyl (C=O) groups excluding carboxylic acids is 1. The topological polar surface area (TPSA) is 52.7 Å². The maximum absolute atomic E-state index is 10.7. The van der Waals surface area contributed by atoms with Crippen molar-refractivity contribution in [3.8, 4) is 0 Å². The summed E-state index contributed by atoms with van der Waals surface area (Å²) >= 11 is 0. The highest BCUT2D eigenvalue weighted by Gasteiger charge is 2.08. The molecule has 0 aromatic carbocycles. The van der Waals surface area contributed by atoms with Crippen LogP contribution in [0.5, 0.6) is 0 Å². The van der Waals surface area contributed by atoms with Crippen LogP contribution < -0.4 is 0 Å². The molecule has 0 saturated carbocycles. The third kappa shape index (κ3) is 1.88. The highest BCUT2D eigenvalue weighted by molar-refractivity contribution is 5.69. The maximum Gasteiger partial charge on any atom is 0.185 e. The Balaban J connectivity index is 2.27. The van der Waals surface area contributed by atoms with E-state index >= 15 is 0 Å². The van der Waals surface area contributed by atoms with Crippen molar-refractivity contribution in [3.63, 3.8) is 0 Å². The van der Waals surface area contributed by atoms with E-state index in [-0.39, 0.29) is 0 Å². The number of imidazole rings is 2. The molecule has 0 saturated heterocycles. The molecule has 0 radical (unpaired) electrons. The van der Waals surface area contributed by atoms with Crippen molar-refractivity contribution < 1.29 is 4.79 Å². The Bertz CT molecular complexity index is 484. The quantitative estimate of drug-likeness (QED) is 0.731. The van der Waals surface area contributed by atoms with Crippen LogP contribution in [0, 0.1) is 0 Å². The number of rotatable bonds is 4. The Morgan fingerprint density at radius 2 is 2.31 bits per heavy atom. The van der Waals surface area contributed by atoms with E-state index in [0.29, 0.717) is 18.4 Å². The Morgan fingerprint density at radius 3 is 3.00 bits per heavy atom. The highest BCUT2D eigenvalue weighted by Crippen LogP contribution is 2.10. The zero-order valence-electron chi connectivity index (χ0n) is 9.37. The molecule has 0 unspecified atom stereocenters. The second-order valence-corrected chi connectivity index (χ2v) is 3.92. The summed E-state index contributed by atoms with van der Waals surface area (Å²) in [5.41, 5.74) is 1.07. The van der Waals surface area contributed by atoms with Gasteiger partial charge in [-0.2, -0.15) is 0 Å². The van der Waals surface area contributed by atoms with Crippen molar-refractivity contribution in [2.24, 2.45) is 0 Å². The molecule has 0 bridgehead atoms. The summed E-state index contributed by atoms with van der Waals surface area (Å²) in [7, 11) is 0. The first-order valence-electron chi connectivity index (χ1n) is 5.19. The van der Waals surface area contributed by atoms with Gasteiger partial charge in [0.05, 0.1) is 18.6 Å². The molecule has 0 aliphatic carbocycles. The molecule has 16 heavy (non-hydrogen) atoms. The van der Waals surface area contributed by atoms with Crippen molar-refractivity contribution in [1.29, 1.82) is 0 Å². The van der Waals surface area contributed by atoms with Gasteiger partial charge in [0.25, 0.3) is 0 Å². The van der Waals surface area contributed by atoms with Gasteiger partial charge in [-0.15, -0.1) is 0 Å². The molecule has 0 fully saturated rings. The van der Waals surface area contributed by atoms with Gasteiger partial charge in [-0.3, -0.25) is 4.79 Å². The van der Waals surface area contributed by atoms with Crippen molar-refractivity contribution in [1.82, 2.24) is 19.1 Å². The second-order valence-electron chi connectivity index (χ2n) is 3.92. The van der Waals surface area contributed by atoms with Gasteiger partial charge < -0.3 is 9.13 Å². The first-order valence-corrected chi connectivity index (χ1v) is 5.19. The lowest BCUT2D eigenvalue weighted by molar-refractivity contribution is 0.111. The van der Waals surface area contributed by atoms with E-state index < -0.39 is 0 Å². The molecular weight excluding hydrogens is 204 g/mol. The summed E-state index contributed by atoms with van der Waals surface area (Å²) in [6.07, 6.45) is 7.80. The van der Waals surface area contributed by atoms with Gasteiger partial charge >= 0.3 is 0 Å². The standard InChI is InChI=1S/C11H14N4O/c1-9(2)15-8-12-5-10(15)6-14-4-3-13-11(14)7-16/h3-5,7-9H,6H2,1-2H3. The third-order valence-corrected chi connectivity index (χ3v) is 2.49. The molecule has 2 aromatic heterocycles. The summed E-state index contributed by atoms with van der Waals surface area (Å²) in [5.74, 6) is 0.441. The lowest BCUT2D eigenvalue weighted by atomic mass is 10.3. The van der Waals surface area contributed by atoms with Gasteiger partial charge in [-0.1, -0.05) is 0 Å². The first-order chi connectivity index (χ1) is 7.72. The SMILES string of the molecule is CC(C)n1cncc1Cn1ccnc1C=O.